The summed E-state index contributed by atoms with van der Waals surface area (Å²) in [6.45, 7) is 3.92. The van der Waals surface area contributed by atoms with Crippen molar-refractivity contribution in [1.29, 1.82) is 0 Å². The Hall–Kier alpha value is -2.44. The highest BCUT2D eigenvalue weighted by Crippen LogP contribution is 2.19. The second-order valence-corrected chi connectivity index (χ2v) is 4.59. The van der Waals surface area contributed by atoms with Crippen LogP contribution in [-0.4, -0.2) is 20.7 Å². The fourth-order valence-corrected chi connectivity index (χ4v) is 1.93. The van der Waals surface area contributed by atoms with Crippen molar-refractivity contribution in [1.82, 2.24) is 14.8 Å². The van der Waals surface area contributed by atoms with E-state index in [-0.39, 0.29) is 18.1 Å². The molecule has 21 heavy (non-hydrogen) atoms. The van der Waals surface area contributed by atoms with Crippen molar-refractivity contribution < 1.29 is 9.18 Å². The van der Waals surface area contributed by atoms with Gasteiger partial charge in [-0.1, -0.05) is 13.8 Å². The molecular formula is C14H18FN5O. The van der Waals surface area contributed by atoms with Gasteiger partial charge in [-0.25, -0.2) is 14.1 Å². The summed E-state index contributed by atoms with van der Waals surface area (Å²) in [5.41, 5.74) is 6.27. The van der Waals surface area contributed by atoms with Crippen molar-refractivity contribution in [3.63, 3.8) is 0 Å². The Bertz CT molecular complexity index is 653. The lowest BCUT2D eigenvalue weighted by atomic mass is 10.2. The van der Waals surface area contributed by atoms with Gasteiger partial charge >= 0.3 is 0 Å². The molecule has 0 fully saturated rings. The molecule has 0 aliphatic rings. The Morgan fingerprint density at radius 1 is 1.38 bits per heavy atom. The van der Waals surface area contributed by atoms with E-state index >= 15 is 0 Å². The highest BCUT2D eigenvalue weighted by atomic mass is 19.1. The van der Waals surface area contributed by atoms with Crippen molar-refractivity contribution in [3.8, 4) is 0 Å². The molecule has 3 N–H and O–H groups in total. The normalized spacial score (nSPS) is 10.6. The number of hydrogen-bond acceptors (Lipinski definition) is 4. The van der Waals surface area contributed by atoms with Crippen LogP contribution in [0.2, 0.25) is 0 Å². The van der Waals surface area contributed by atoms with Crippen LogP contribution >= 0.6 is 0 Å². The van der Waals surface area contributed by atoms with Crippen molar-refractivity contribution in [2.45, 2.75) is 33.2 Å². The fourth-order valence-electron chi connectivity index (χ4n) is 1.93. The quantitative estimate of drug-likeness (QED) is 0.822. The third-order valence-electron chi connectivity index (χ3n) is 3.01. The number of nitrogens with two attached hydrogens (primary N) is 1. The first-order valence-electron chi connectivity index (χ1n) is 6.81. The number of hydrogen-bond donors (Lipinski definition) is 2. The lowest BCUT2D eigenvalue weighted by Crippen LogP contribution is -2.21. The van der Waals surface area contributed by atoms with E-state index in [9.17, 15) is 9.18 Å². The van der Waals surface area contributed by atoms with Crippen LogP contribution in [0.25, 0.3) is 0 Å². The van der Waals surface area contributed by atoms with Gasteiger partial charge in [0, 0.05) is 12.8 Å². The molecule has 6 nitrogen and oxygen atoms in total. The van der Waals surface area contributed by atoms with Gasteiger partial charge in [0.1, 0.15) is 18.2 Å². The average Bonchev–Trinajstić information content (AvgIpc) is 2.85. The van der Waals surface area contributed by atoms with Gasteiger partial charge in [0.15, 0.2) is 5.82 Å². The zero-order valence-electron chi connectivity index (χ0n) is 12.1. The van der Waals surface area contributed by atoms with Gasteiger partial charge in [0.25, 0.3) is 0 Å². The molecular weight excluding hydrogens is 273 g/mol. The molecule has 0 aliphatic heterocycles. The summed E-state index contributed by atoms with van der Waals surface area (Å²) in [5, 5.41) is 6.85. The summed E-state index contributed by atoms with van der Waals surface area (Å²) in [6.07, 6.45) is 1.39. The molecule has 0 bridgehead atoms. The Balaban J connectivity index is 2.11. The molecule has 1 aromatic heterocycles. The number of carbonyl (C=O) groups is 1. The van der Waals surface area contributed by atoms with E-state index in [1.165, 1.54) is 18.2 Å². The van der Waals surface area contributed by atoms with Crippen LogP contribution < -0.4 is 11.1 Å². The first kappa shape index (κ1) is 15.0. The van der Waals surface area contributed by atoms with Gasteiger partial charge in [-0.15, -0.1) is 0 Å². The summed E-state index contributed by atoms with van der Waals surface area (Å²) in [6, 6.07) is 3.84. The van der Waals surface area contributed by atoms with E-state index < -0.39 is 5.82 Å². The predicted octanol–water partition coefficient (Wildman–Crippen LogP) is 1.76. The number of nitrogen functional groups attached to an aromatic ring is 1. The number of aryl methyl sites for hydroxylation is 2. The lowest BCUT2D eigenvalue weighted by Gasteiger charge is -2.09. The van der Waals surface area contributed by atoms with E-state index in [0.29, 0.717) is 24.4 Å². The minimum absolute atomic E-state index is 0.0200. The molecule has 0 saturated heterocycles. The maximum absolute atomic E-state index is 13.2. The van der Waals surface area contributed by atoms with Crippen LogP contribution in [0.4, 0.5) is 15.8 Å². The minimum Gasteiger partial charge on any atom is -0.397 e. The maximum Gasteiger partial charge on any atom is 0.246 e. The number of nitrogens with zero attached hydrogens (tertiary/aromatic N) is 3. The van der Waals surface area contributed by atoms with Crippen molar-refractivity contribution in [2.75, 3.05) is 11.1 Å². The van der Waals surface area contributed by atoms with Crippen molar-refractivity contribution in [2.24, 2.45) is 0 Å². The summed E-state index contributed by atoms with van der Waals surface area (Å²) in [7, 11) is 0. The smallest absolute Gasteiger partial charge is 0.246 e. The molecule has 2 rings (SSSR count). The van der Waals surface area contributed by atoms with Crippen LogP contribution in [0.5, 0.6) is 0 Å². The number of amides is 1. The van der Waals surface area contributed by atoms with Gasteiger partial charge < -0.3 is 11.1 Å². The Morgan fingerprint density at radius 3 is 2.81 bits per heavy atom. The number of rotatable bonds is 5. The molecule has 112 valence electrons. The Morgan fingerprint density at radius 2 is 2.14 bits per heavy atom. The third kappa shape index (κ3) is 3.56. The molecule has 7 heteroatoms. The minimum atomic E-state index is -0.456. The number of nitrogens with one attached hydrogen (secondary N) is 1. The first-order valence-corrected chi connectivity index (χ1v) is 6.81. The molecule has 0 saturated carbocycles. The highest BCUT2D eigenvalue weighted by molar-refractivity contribution is 5.93. The maximum atomic E-state index is 13.2. The van der Waals surface area contributed by atoms with Gasteiger partial charge in [-0.2, -0.15) is 5.10 Å². The number of anilines is 2. The first-order chi connectivity index (χ1) is 10.0. The number of aromatic nitrogens is 3. The van der Waals surface area contributed by atoms with Gasteiger partial charge in [-0.3, -0.25) is 4.79 Å². The third-order valence-corrected chi connectivity index (χ3v) is 3.01. The van der Waals surface area contributed by atoms with Crippen LogP contribution in [0.15, 0.2) is 18.2 Å². The van der Waals surface area contributed by atoms with Gasteiger partial charge in [-0.05, 0) is 18.2 Å². The van der Waals surface area contributed by atoms with Crippen LogP contribution in [0, 0.1) is 5.82 Å². The van der Waals surface area contributed by atoms with E-state index in [1.807, 2.05) is 13.8 Å². The number of halogens is 1. The molecule has 0 spiro atoms. The molecule has 1 amide bonds. The molecule has 2 aromatic rings. The van der Waals surface area contributed by atoms with E-state index in [1.54, 1.807) is 4.68 Å². The molecule has 0 radical (unpaired) electrons. The van der Waals surface area contributed by atoms with E-state index in [0.717, 1.165) is 5.82 Å². The molecule has 0 unspecified atom stereocenters. The standard InChI is InChI=1S/C14H18FN5O/c1-3-12-18-13(4-2)20(19-12)8-14(21)17-11-7-9(15)5-6-10(11)16/h5-7H,3-4,8,16H2,1-2H3,(H,17,21). The van der Waals surface area contributed by atoms with E-state index in [2.05, 4.69) is 15.4 Å². The monoisotopic (exact) mass is 291 g/mol. The topological polar surface area (TPSA) is 85.8 Å². The summed E-state index contributed by atoms with van der Waals surface area (Å²) < 4.78 is 14.7. The van der Waals surface area contributed by atoms with Crippen molar-refractivity contribution in [3.05, 3.63) is 35.7 Å². The molecule has 1 aromatic carbocycles. The van der Waals surface area contributed by atoms with Crippen LogP contribution in [-0.2, 0) is 24.2 Å². The van der Waals surface area contributed by atoms with Gasteiger partial charge in [0.2, 0.25) is 5.91 Å². The second-order valence-electron chi connectivity index (χ2n) is 4.59. The Labute approximate surface area is 122 Å². The average molecular weight is 291 g/mol. The number of benzene rings is 1. The summed E-state index contributed by atoms with van der Waals surface area (Å²) in [5.74, 6) is 0.663. The molecule has 0 atom stereocenters. The van der Waals surface area contributed by atoms with Crippen LogP contribution in [0.3, 0.4) is 0 Å². The summed E-state index contributed by atoms with van der Waals surface area (Å²) in [4.78, 5) is 16.4. The second kappa shape index (κ2) is 6.34. The van der Waals surface area contributed by atoms with Crippen LogP contribution in [0.1, 0.15) is 25.5 Å². The van der Waals surface area contributed by atoms with Crippen molar-refractivity contribution >= 4 is 17.3 Å². The number of carbonyl (C=O) groups excluding carboxylic acids is 1. The molecule has 1 heterocycles. The molecule has 0 aliphatic carbocycles. The fraction of sp³-hybridized carbons (Fsp3) is 0.357. The Kier molecular flexibility index (Phi) is 4.52. The summed E-state index contributed by atoms with van der Waals surface area (Å²) >= 11 is 0. The van der Waals surface area contributed by atoms with E-state index in [4.69, 9.17) is 5.73 Å². The lowest BCUT2D eigenvalue weighted by molar-refractivity contribution is -0.116. The van der Waals surface area contributed by atoms with Gasteiger partial charge in [0.05, 0.1) is 11.4 Å². The zero-order valence-corrected chi connectivity index (χ0v) is 12.1. The highest BCUT2D eigenvalue weighted by Gasteiger charge is 2.12. The SMILES string of the molecule is CCc1nc(CC)n(CC(=O)Nc2cc(F)ccc2N)n1. The zero-order chi connectivity index (χ0) is 15.4. The largest absolute Gasteiger partial charge is 0.397 e. The predicted molar refractivity (Wildman–Crippen MR) is 78.2 cm³/mol.